The lowest BCUT2D eigenvalue weighted by molar-refractivity contribution is -0.140. The molecule has 1 aliphatic rings. The molecule has 0 aromatic carbocycles. The molecule has 3 rings (SSSR count). The molecular weight excluding hydrogens is 328 g/mol. The first-order valence-electron chi connectivity index (χ1n) is 8.08. The van der Waals surface area contributed by atoms with Gasteiger partial charge in [0.1, 0.15) is 5.76 Å². The van der Waals surface area contributed by atoms with Gasteiger partial charge in [0.25, 0.3) is 5.89 Å². The summed E-state index contributed by atoms with van der Waals surface area (Å²) in [4.78, 5) is 27.9. The highest BCUT2D eigenvalue weighted by Crippen LogP contribution is 2.26. The third kappa shape index (κ3) is 4.08. The summed E-state index contributed by atoms with van der Waals surface area (Å²) in [6, 6.07) is 3.45. The van der Waals surface area contributed by atoms with Crippen molar-refractivity contribution in [1.82, 2.24) is 10.3 Å². The van der Waals surface area contributed by atoms with Gasteiger partial charge in [0, 0.05) is 13.2 Å². The van der Waals surface area contributed by atoms with Gasteiger partial charge in [0.2, 0.25) is 5.91 Å². The van der Waals surface area contributed by atoms with Gasteiger partial charge in [0.05, 0.1) is 30.3 Å². The van der Waals surface area contributed by atoms with Crippen LogP contribution in [0.15, 0.2) is 27.2 Å². The van der Waals surface area contributed by atoms with Crippen LogP contribution in [0.2, 0.25) is 0 Å². The predicted molar refractivity (Wildman–Crippen MR) is 85.8 cm³/mol. The second-order valence-corrected chi connectivity index (χ2v) is 6.19. The summed E-state index contributed by atoms with van der Waals surface area (Å²) < 4.78 is 16.1. The van der Waals surface area contributed by atoms with Gasteiger partial charge in [-0.2, -0.15) is 0 Å². The summed E-state index contributed by atoms with van der Waals surface area (Å²) in [6.07, 6.45) is 2.35. The van der Waals surface area contributed by atoms with E-state index in [0.29, 0.717) is 49.2 Å². The van der Waals surface area contributed by atoms with Crippen molar-refractivity contribution in [2.24, 2.45) is 0 Å². The Morgan fingerprint density at radius 1 is 1.36 bits per heavy atom. The molecule has 3 heterocycles. The van der Waals surface area contributed by atoms with Gasteiger partial charge in [0.15, 0.2) is 5.76 Å². The van der Waals surface area contributed by atoms with Gasteiger partial charge < -0.3 is 24.0 Å². The van der Waals surface area contributed by atoms with Gasteiger partial charge in [-0.1, -0.05) is 0 Å². The molecule has 0 bridgehead atoms. The Bertz CT molecular complexity index is 743. The molecule has 0 radical (unpaired) electrons. The molecule has 2 aromatic rings. The number of aryl methyl sites for hydroxylation is 1. The fraction of sp³-hybridized carbons (Fsp3) is 0.471. The predicted octanol–water partition coefficient (Wildman–Crippen LogP) is 1.93. The number of aromatic nitrogens is 1. The Kier molecular flexibility index (Phi) is 4.89. The number of amides is 1. The number of carbonyl (C=O) groups is 2. The molecule has 134 valence electrons. The minimum absolute atomic E-state index is 0.0122. The van der Waals surface area contributed by atoms with Crippen LogP contribution in [0.5, 0.6) is 0 Å². The summed E-state index contributed by atoms with van der Waals surface area (Å²) in [5.74, 6) is 0.101. The van der Waals surface area contributed by atoms with Gasteiger partial charge in [-0.3, -0.25) is 9.59 Å². The fourth-order valence-electron chi connectivity index (χ4n) is 2.99. The molecule has 1 saturated heterocycles. The molecule has 0 aliphatic carbocycles. The van der Waals surface area contributed by atoms with E-state index in [1.165, 1.54) is 6.26 Å². The zero-order valence-corrected chi connectivity index (χ0v) is 13.9. The Morgan fingerprint density at radius 3 is 2.76 bits per heavy atom. The fourth-order valence-corrected chi connectivity index (χ4v) is 2.99. The number of carboxylic acids is 1. The van der Waals surface area contributed by atoms with Crippen LogP contribution in [0.4, 0.5) is 0 Å². The molecular formula is C17H20N2O6. The first kappa shape index (κ1) is 17.2. The smallest absolute Gasteiger partial charge is 0.305 e. The second-order valence-electron chi connectivity index (χ2n) is 6.19. The number of nitrogens with zero attached hydrogens (tertiary/aromatic N) is 1. The van der Waals surface area contributed by atoms with E-state index in [4.69, 9.17) is 18.7 Å². The molecule has 25 heavy (non-hydrogen) atoms. The maximum Gasteiger partial charge on any atom is 0.305 e. The highest BCUT2D eigenvalue weighted by Gasteiger charge is 2.36. The Balaban J connectivity index is 1.70. The molecule has 0 saturated carbocycles. The maximum atomic E-state index is 12.5. The van der Waals surface area contributed by atoms with Crippen molar-refractivity contribution in [3.05, 3.63) is 29.9 Å². The van der Waals surface area contributed by atoms with Crippen molar-refractivity contribution in [3.8, 4) is 11.7 Å². The van der Waals surface area contributed by atoms with Crippen molar-refractivity contribution >= 4 is 11.9 Å². The number of rotatable bonds is 6. The summed E-state index contributed by atoms with van der Waals surface area (Å²) in [5.41, 5.74) is -0.274. The monoisotopic (exact) mass is 348 g/mol. The quantitative estimate of drug-likeness (QED) is 0.819. The van der Waals surface area contributed by atoms with Crippen molar-refractivity contribution in [2.45, 2.75) is 38.1 Å². The van der Waals surface area contributed by atoms with Gasteiger partial charge in [-0.05, 0) is 31.9 Å². The Hall–Kier alpha value is -2.61. The zero-order valence-electron chi connectivity index (χ0n) is 13.9. The van der Waals surface area contributed by atoms with Crippen molar-refractivity contribution in [1.29, 1.82) is 0 Å². The molecule has 0 atom stereocenters. The minimum atomic E-state index is -0.945. The molecule has 8 heteroatoms. The van der Waals surface area contributed by atoms with Crippen molar-refractivity contribution in [2.75, 3.05) is 13.2 Å². The molecule has 0 unspecified atom stereocenters. The van der Waals surface area contributed by atoms with E-state index < -0.39 is 11.5 Å². The second kappa shape index (κ2) is 7.10. The number of furan rings is 1. The average Bonchev–Trinajstić information content (AvgIpc) is 3.17. The third-order valence-electron chi connectivity index (χ3n) is 4.30. The zero-order chi connectivity index (χ0) is 17.9. The summed E-state index contributed by atoms with van der Waals surface area (Å²) in [5, 5.41) is 12.0. The molecule has 8 nitrogen and oxygen atoms in total. The summed E-state index contributed by atoms with van der Waals surface area (Å²) >= 11 is 0. The number of hydrogen-bond donors (Lipinski definition) is 2. The van der Waals surface area contributed by atoms with Crippen LogP contribution in [-0.4, -0.2) is 40.7 Å². The van der Waals surface area contributed by atoms with E-state index >= 15 is 0 Å². The van der Waals surface area contributed by atoms with E-state index in [2.05, 4.69) is 10.3 Å². The van der Waals surface area contributed by atoms with Crippen molar-refractivity contribution < 1.29 is 28.3 Å². The standard InChI is InChI=1S/C17H20N2O6/c1-11-12(18-16(25-11)13-3-2-6-24-13)9-14(20)19-17(10-15(21)22)4-7-23-8-5-17/h2-3,6H,4-5,7-10H2,1H3,(H,19,20)(H,21,22). The van der Waals surface area contributed by atoms with E-state index in [1.807, 2.05) is 0 Å². The lowest BCUT2D eigenvalue weighted by Gasteiger charge is -2.36. The topological polar surface area (TPSA) is 115 Å². The van der Waals surface area contributed by atoms with Crippen LogP contribution in [-0.2, 0) is 20.7 Å². The SMILES string of the molecule is Cc1oc(-c2ccco2)nc1CC(=O)NC1(CC(=O)O)CCOCC1. The van der Waals surface area contributed by atoms with Crippen LogP contribution < -0.4 is 5.32 Å². The van der Waals surface area contributed by atoms with Crippen molar-refractivity contribution in [3.63, 3.8) is 0 Å². The lowest BCUT2D eigenvalue weighted by Crippen LogP contribution is -2.53. The highest BCUT2D eigenvalue weighted by atomic mass is 16.5. The molecule has 0 spiro atoms. The first-order valence-corrected chi connectivity index (χ1v) is 8.08. The van der Waals surface area contributed by atoms with Gasteiger partial charge in [-0.25, -0.2) is 4.98 Å². The number of carbonyl (C=O) groups excluding carboxylic acids is 1. The summed E-state index contributed by atoms with van der Waals surface area (Å²) in [6.45, 7) is 2.59. The molecule has 1 fully saturated rings. The Morgan fingerprint density at radius 2 is 2.12 bits per heavy atom. The van der Waals surface area contributed by atoms with Gasteiger partial charge >= 0.3 is 5.97 Å². The Labute approximate surface area is 144 Å². The first-order chi connectivity index (χ1) is 12.0. The lowest BCUT2D eigenvalue weighted by atomic mass is 9.86. The number of ether oxygens (including phenoxy) is 1. The normalized spacial score (nSPS) is 16.5. The van der Waals surface area contributed by atoms with E-state index in [0.717, 1.165) is 0 Å². The largest absolute Gasteiger partial charge is 0.481 e. The van der Waals surface area contributed by atoms with Crippen LogP contribution in [0.1, 0.15) is 30.7 Å². The number of oxazole rings is 1. The third-order valence-corrected chi connectivity index (χ3v) is 4.30. The molecule has 2 aromatic heterocycles. The van der Waals surface area contributed by atoms with E-state index in [-0.39, 0.29) is 18.7 Å². The van der Waals surface area contributed by atoms with Crippen LogP contribution in [0.3, 0.4) is 0 Å². The minimum Gasteiger partial charge on any atom is -0.481 e. The highest BCUT2D eigenvalue weighted by molar-refractivity contribution is 5.80. The number of aliphatic carboxylic acids is 1. The molecule has 1 aliphatic heterocycles. The summed E-state index contributed by atoms with van der Waals surface area (Å²) in [7, 11) is 0. The van der Waals surface area contributed by atoms with Gasteiger partial charge in [-0.15, -0.1) is 0 Å². The van der Waals surface area contributed by atoms with Crippen LogP contribution >= 0.6 is 0 Å². The molecule has 1 amide bonds. The number of carboxylic acid groups (broad SMARTS) is 1. The van der Waals surface area contributed by atoms with Crippen LogP contribution in [0, 0.1) is 6.92 Å². The maximum absolute atomic E-state index is 12.5. The van der Waals surface area contributed by atoms with Crippen LogP contribution in [0.25, 0.3) is 11.7 Å². The number of hydrogen-bond acceptors (Lipinski definition) is 6. The van der Waals surface area contributed by atoms with E-state index in [1.54, 1.807) is 19.1 Å². The number of nitrogens with one attached hydrogen (secondary N) is 1. The average molecular weight is 348 g/mol. The van der Waals surface area contributed by atoms with E-state index in [9.17, 15) is 9.59 Å². The molecule has 2 N–H and O–H groups in total.